The van der Waals surface area contributed by atoms with Crippen molar-refractivity contribution in [2.75, 3.05) is 13.7 Å². The van der Waals surface area contributed by atoms with Gasteiger partial charge < -0.3 is 13.9 Å². The van der Waals surface area contributed by atoms with Crippen molar-refractivity contribution < 1.29 is 13.9 Å². The van der Waals surface area contributed by atoms with E-state index in [1.807, 2.05) is 69.3 Å². The molecule has 0 atom stereocenters. The lowest BCUT2D eigenvalue weighted by molar-refractivity contribution is 0.189. The van der Waals surface area contributed by atoms with E-state index in [2.05, 4.69) is 0 Å². The maximum absolute atomic E-state index is 13.1. The summed E-state index contributed by atoms with van der Waals surface area (Å²) in [6.07, 6.45) is 0.849. The number of rotatable bonds is 10. The SMILES string of the molecule is COCCCn1c(SCc2nc(-c3ccc(OC(C)C)cc3)oc2C)nc2ccccc2c1=O. The summed E-state index contributed by atoms with van der Waals surface area (Å²) in [4.78, 5) is 22.6. The molecule has 0 amide bonds. The quantitative estimate of drug-likeness (QED) is 0.169. The van der Waals surface area contributed by atoms with E-state index in [4.69, 9.17) is 23.9 Å². The minimum absolute atomic E-state index is 0.0366. The van der Waals surface area contributed by atoms with Crippen LogP contribution in [0.5, 0.6) is 5.75 Å². The van der Waals surface area contributed by atoms with Crippen LogP contribution in [0.25, 0.3) is 22.4 Å². The summed E-state index contributed by atoms with van der Waals surface area (Å²) >= 11 is 1.49. The lowest BCUT2D eigenvalue weighted by atomic mass is 10.2. The standard InChI is InChI=1S/C26H29N3O4S/c1-17(2)32-20-12-10-19(11-13-20)24-27-23(18(3)33-24)16-34-26-28-22-9-6-5-8-21(22)25(30)29(26)14-7-15-31-4/h5-6,8-13,17H,7,14-16H2,1-4H3. The van der Waals surface area contributed by atoms with Gasteiger partial charge in [0, 0.05) is 31.6 Å². The number of methoxy groups -OCH3 is 1. The van der Waals surface area contributed by atoms with Gasteiger partial charge in [-0.05, 0) is 63.6 Å². The predicted octanol–water partition coefficient (Wildman–Crippen LogP) is 5.48. The first-order chi connectivity index (χ1) is 16.5. The van der Waals surface area contributed by atoms with Crippen LogP contribution in [0.1, 0.15) is 31.7 Å². The Morgan fingerprint density at radius 2 is 1.85 bits per heavy atom. The molecule has 0 saturated carbocycles. The van der Waals surface area contributed by atoms with Gasteiger partial charge in [-0.15, -0.1) is 0 Å². The van der Waals surface area contributed by atoms with Crippen LogP contribution in [0.4, 0.5) is 0 Å². The van der Waals surface area contributed by atoms with Crippen LogP contribution >= 0.6 is 11.8 Å². The Balaban J connectivity index is 1.56. The topological polar surface area (TPSA) is 79.4 Å². The fourth-order valence-corrected chi connectivity index (χ4v) is 4.62. The van der Waals surface area contributed by atoms with Gasteiger partial charge in [-0.25, -0.2) is 9.97 Å². The van der Waals surface area contributed by atoms with Crippen molar-refractivity contribution in [1.29, 1.82) is 0 Å². The normalized spacial score (nSPS) is 11.4. The van der Waals surface area contributed by atoms with E-state index in [9.17, 15) is 4.79 Å². The Labute approximate surface area is 203 Å². The Kier molecular flexibility index (Phi) is 7.70. The first-order valence-corrected chi connectivity index (χ1v) is 12.3. The molecule has 4 aromatic rings. The lowest BCUT2D eigenvalue weighted by Crippen LogP contribution is -2.24. The molecule has 34 heavy (non-hydrogen) atoms. The van der Waals surface area contributed by atoms with E-state index < -0.39 is 0 Å². The van der Waals surface area contributed by atoms with E-state index >= 15 is 0 Å². The second-order valence-electron chi connectivity index (χ2n) is 8.22. The number of para-hydroxylation sites is 1. The fraction of sp³-hybridized carbons (Fsp3) is 0.346. The summed E-state index contributed by atoms with van der Waals surface area (Å²) < 4.78 is 18.6. The second-order valence-corrected chi connectivity index (χ2v) is 9.16. The third kappa shape index (κ3) is 5.51. The Bertz CT molecular complexity index is 1310. The molecule has 2 heterocycles. The number of aromatic nitrogens is 3. The monoisotopic (exact) mass is 479 g/mol. The molecule has 0 aliphatic rings. The maximum Gasteiger partial charge on any atom is 0.262 e. The van der Waals surface area contributed by atoms with Crippen LogP contribution < -0.4 is 10.3 Å². The minimum Gasteiger partial charge on any atom is -0.491 e. The highest BCUT2D eigenvalue weighted by molar-refractivity contribution is 7.98. The summed E-state index contributed by atoms with van der Waals surface area (Å²) in [6, 6.07) is 15.2. The van der Waals surface area contributed by atoms with Crippen LogP contribution in [0.2, 0.25) is 0 Å². The highest BCUT2D eigenvalue weighted by Gasteiger charge is 2.16. The Morgan fingerprint density at radius 1 is 1.09 bits per heavy atom. The van der Waals surface area contributed by atoms with Crippen molar-refractivity contribution in [1.82, 2.24) is 14.5 Å². The van der Waals surface area contributed by atoms with E-state index in [0.29, 0.717) is 40.9 Å². The highest BCUT2D eigenvalue weighted by Crippen LogP contribution is 2.28. The molecule has 7 nitrogen and oxygen atoms in total. The molecular weight excluding hydrogens is 450 g/mol. The van der Waals surface area contributed by atoms with Crippen molar-refractivity contribution >= 4 is 22.7 Å². The van der Waals surface area contributed by atoms with Gasteiger partial charge in [-0.3, -0.25) is 9.36 Å². The largest absolute Gasteiger partial charge is 0.491 e. The fourth-order valence-electron chi connectivity index (χ4n) is 3.59. The number of hydrogen-bond donors (Lipinski definition) is 0. The van der Waals surface area contributed by atoms with Crippen molar-refractivity contribution in [3.63, 3.8) is 0 Å². The number of nitrogens with zero attached hydrogens (tertiary/aromatic N) is 3. The summed E-state index contributed by atoms with van der Waals surface area (Å²) in [5, 5.41) is 1.29. The first kappa shape index (κ1) is 24.0. The molecule has 0 bridgehead atoms. The zero-order chi connectivity index (χ0) is 24.1. The number of hydrogen-bond acceptors (Lipinski definition) is 7. The van der Waals surface area contributed by atoms with Crippen molar-refractivity contribution in [3.05, 3.63) is 70.3 Å². The predicted molar refractivity (Wildman–Crippen MR) is 134 cm³/mol. The van der Waals surface area contributed by atoms with E-state index in [1.165, 1.54) is 11.8 Å². The second kappa shape index (κ2) is 10.9. The number of benzene rings is 2. The zero-order valence-electron chi connectivity index (χ0n) is 19.9. The molecule has 0 radical (unpaired) electrons. The van der Waals surface area contributed by atoms with Crippen LogP contribution in [0.3, 0.4) is 0 Å². The third-order valence-electron chi connectivity index (χ3n) is 5.26. The number of aryl methyl sites for hydroxylation is 1. The average Bonchev–Trinajstić information content (AvgIpc) is 3.20. The van der Waals surface area contributed by atoms with Crippen molar-refractivity contribution in [2.24, 2.45) is 0 Å². The third-order valence-corrected chi connectivity index (χ3v) is 6.25. The van der Waals surface area contributed by atoms with Gasteiger partial charge in [-0.2, -0.15) is 0 Å². The molecule has 2 aromatic heterocycles. The molecule has 4 rings (SSSR count). The van der Waals surface area contributed by atoms with Gasteiger partial charge in [0.25, 0.3) is 5.56 Å². The summed E-state index contributed by atoms with van der Waals surface area (Å²) in [5.74, 6) is 2.66. The van der Waals surface area contributed by atoms with Crippen LogP contribution in [-0.4, -0.2) is 34.4 Å². The molecule has 0 N–H and O–H groups in total. The Morgan fingerprint density at radius 3 is 2.59 bits per heavy atom. The molecule has 0 unspecified atom stereocenters. The van der Waals surface area contributed by atoms with Gasteiger partial charge in [-0.1, -0.05) is 23.9 Å². The lowest BCUT2D eigenvalue weighted by Gasteiger charge is -2.12. The molecule has 0 spiro atoms. The number of oxazole rings is 1. The summed E-state index contributed by atoms with van der Waals surface area (Å²) in [6.45, 7) is 7.02. The van der Waals surface area contributed by atoms with Crippen LogP contribution in [-0.2, 0) is 17.0 Å². The summed E-state index contributed by atoms with van der Waals surface area (Å²) in [7, 11) is 1.66. The van der Waals surface area contributed by atoms with Crippen LogP contribution in [0, 0.1) is 6.92 Å². The Hall–Kier alpha value is -3.10. The molecule has 0 aliphatic carbocycles. The molecule has 0 fully saturated rings. The van der Waals surface area contributed by atoms with Crippen LogP contribution in [0.15, 0.2) is 62.9 Å². The van der Waals surface area contributed by atoms with Crippen molar-refractivity contribution in [2.45, 2.75) is 50.8 Å². The molecule has 0 aliphatic heterocycles. The van der Waals surface area contributed by atoms with E-state index in [0.717, 1.165) is 29.2 Å². The number of thioether (sulfide) groups is 1. The smallest absolute Gasteiger partial charge is 0.262 e. The number of fused-ring (bicyclic) bond motifs is 1. The first-order valence-electron chi connectivity index (χ1n) is 11.3. The summed E-state index contributed by atoms with van der Waals surface area (Å²) in [5.41, 5.74) is 2.37. The molecule has 2 aromatic carbocycles. The van der Waals surface area contributed by atoms with Crippen molar-refractivity contribution in [3.8, 4) is 17.2 Å². The van der Waals surface area contributed by atoms with Gasteiger partial charge >= 0.3 is 0 Å². The van der Waals surface area contributed by atoms with E-state index in [-0.39, 0.29) is 11.7 Å². The molecule has 8 heteroatoms. The van der Waals surface area contributed by atoms with Gasteiger partial charge in [0.15, 0.2) is 5.16 Å². The highest BCUT2D eigenvalue weighted by atomic mass is 32.2. The van der Waals surface area contributed by atoms with Gasteiger partial charge in [0.2, 0.25) is 5.89 Å². The minimum atomic E-state index is -0.0366. The average molecular weight is 480 g/mol. The number of ether oxygens (including phenoxy) is 2. The molecule has 178 valence electrons. The van der Waals surface area contributed by atoms with Gasteiger partial charge in [0.05, 0.1) is 22.7 Å². The van der Waals surface area contributed by atoms with Gasteiger partial charge in [0.1, 0.15) is 11.5 Å². The zero-order valence-corrected chi connectivity index (χ0v) is 20.7. The van der Waals surface area contributed by atoms with E-state index in [1.54, 1.807) is 11.7 Å². The molecular formula is C26H29N3O4S. The maximum atomic E-state index is 13.1. The molecule has 0 saturated heterocycles.